The molecule has 1 aromatic rings. The first-order valence-corrected chi connectivity index (χ1v) is 10.1. The van der Waals surface area contributed by atoms with E-state index in [2.05, 4.69) is 35.4 Å². The summed E-state index contributed by atoms with van der Waals surface area (Å²) in [7, 11) is 1.63. The van der Waals surface area contributed by atoms with E-state index in [-0.39, 0.29) is 12.0 Å². The predicted octanol–water partition coefficient (Wildman–Crippen LogP) is 2.86. The Labute approximate surface area is 167 Å². The van der Waals surface area contributed by atoms with E-state index >= 15 is 0 Å². The number of thiol groups is 1. The van der Waals surface area contributed by atoms with Gasteiger partial charge in [-0.1, -0.05) is 24.3 Å². The van der Waals surface area contributed by atoms with Gasteiger partial charge in [-0.3, -0.25) is 4.90 Å². The number of likely N-dealkylation sites (tertiary alicyclic amines) is 1. The highest BCUT2D eigenvalue weighted by Crippen LogP contribution is 2.29. The van der Waals surface area contributed by atoms with Crippen LogP contribution < -0.4 is 9.47 Å². The molecule has 6 heteroatoms. The first-order valence-electron chi connectivity index (χ1n) is 9.62. The predicted molar refractivity (Wildman–Crippen MR) is 108 cm³/mol. The number of piperidine rings is 1. The molecule has 0 radical (unpaired) electrons. The van der Waals surface area contributed by atoms with Gasteiger partial charge in [0, 0.05) is 19.4 Å². The van der Waals surface area contributed by atoms with Crippen molar-refractivity contribution in [3.05, 3.63) is 23.8 Å². The fourth-order valence-electron chi connectivity index (χ4n) is 3.55. The van der Waals surface area contributed by atoms with Gasteiger partial charge in [0.25, 0.3) is 0 Å². The Hall–Kier alpha value is -1.39. The smallest absolute Gasteiger partial charge is 0.162 e. The molecule has 2 heterocycles. The van der Waals surface area contributed by atoms with Crippen molar-refractivity contribution in [1.82, 2.24) is 4.90 Å². The second kappa shape index (κ2) is 9.70. The molecule has 2 fully saturated rings. The Kier molecular flexibility index (Phi) is 7.31. The quantitative estimate of drug-likeness (QED) is 0.597. The van der Waals surface area contributed by atoms with E-state index in [1.165, 1.54) is 24.8 Å². The van der Waals surface area contributed by atoms with Crippen LogP contribution in [-0.2, 0) is 11.3 Å². The summed E-state index contributed by atoms with van der Waals surface area (Å²) in [5, 5.41) is 10.5. The van der Waals surface area contributed by atoms with E-state index < -0.39 is 5.60 Å². The Morgan fingerprint density at radius 1 is 1.30 bits per heavy atom. The van der Waals surface area contributed by atoms with Gasteiger partial charge < -0.3 is 19.3 Å². The van der Waals surface area contributed by atoms with Crippen molar-refractivity contribution in [2.24, 2.45) is 0 Å². The summed E-state index contributed by atoms with van der Waals surface area (Å²) in [6, 6.07) is 6.06. The van der Waals surface area contributed by atoms with E-state index in [1.54, 1.807) is 7.11 Å². The number of benzene rings is 1. The molecule has 2 saturated heterocycles. The number of rotatable bonds is 5. The minimum Gasteiger partial charge on any atom is -0.493 e. The molecule has 148 valence electrons. The van der Waals surface area contributed by atoms with Crippen molar-refractivity contribution < 1.29 is 19.3 Å². The third kappa shape index (κ3) is 6.05. The maximum Gasteiger partial charge on any atom is 0.162 e. The second-order valence-corrected chi connectivity index (χ2v) is 7.80. The lowest BCUT2D eigenvalue weighted by molar-refractivity contribution is -0.0393. The number of aliphatic hydroxyl groups is 1. The Bertz CT molecular complexity index is 680. The molecule has 27 heavy (non-hydrogen) atoms. The van der Waals surface area contributed by atoms with E-state index in [1.807, 2.05) is 12.1 Å². The first-order chi connectivity index (χ1) is 13.1. The third-order valence-corrected chi connectivity index (χ3v) is 5.37. The highest BCUT2D eigenvalue weighted by atomic mass is 32.1. The highest BCUT2D eigenvalue weighted by Gasteiger charge is 2.31. The summed E-state index contributed by atoms with van der Waals surface area (Å²) in [4.78, 5) is 2.48. The lowest BCUT2D eigenvalue weighted by atomic mass is 9.95. The number of hydrogen-bond donors (Lipinski definition) is 2. The first kappa shape index (κ1) is 20.3. The summed E-state index contributed by atoms with van der Waals surface area (Å²) >= 11 is 4.27. The van der Waals surface area contributed by atoms with Gasteiger partial charge in [0.2, 0.25) is 0 Å². The molecule has 0 bridgehead atoms. The largest absolute Gasteiger partial charge is 0.493 e. The van der Waals surface area contributed by atoms with Crippen LogP contribution in [0.4, 0.5) is 0 Å². The summed E-state index contributed by atoms with van der Waals surface area (Å²) in [5.74, 6) is 7.24. The SMILES string of the molecule is COc1ccc(CN2CCCCC2)cc1OCC#CC1(O)CCOC(S)C1. The summed E-state index contributed by atoms with van der Waals surface area (Å²) < 4.78 is 16.6. The maximum atomic E-state index is 10.5. The van der Waals surface area contributed by atoms with Crippen molar-refractivity contribution in [3.63, 3.8) is 0 Å². The topological polar surface area (TPSA) is 51.2 Å². The van der Waals surface area contributed by atoms with Crippen LogP contribution in [0.25, 0.3) is 0 Å². The van der Waals surface area contributed by atoms with Crippen LogP contribution in [0, 0.1) is 11.8 Å². The van der Waals surface area contributed by atoms with Crippen LogP contribution in [0.15, 0.2) is 18.2 Å². The normalized spacial score (nSPS) is 26.1. The molecule has 0 spiro atoms. The molecular weight excluding hydrogens is 362 g/mol. The molecule has 1 aromatic carbocycles. The van der Waals surface area contributed by atoms with Gasteiger partial charge in [0.15, 0.2) is 11.5 Å². The third-order valence-electron chi connectivity index (χ3n) is 5.04. The van der Waals surface area contributed by atoms with Crippen molar-refractivity contribution in [2.45, 2.75) is 49.7 Å². The average Bonchev–Trinajstić information content (AvgIpc) is 2.66. The zero-order chi connectivity index (χ0) is 19.1. The van der Waals surface area contributed by atoms with Gasteiger partial charge >= 0.3 is 0 Å². The molecule has 0 aromatic heterocycles. The van der Waals surface area contributed by atoms with Gasteiger partial charge in [-0.05, 0) is 43.6 Å². The van der Waals surface area contributed by atoms with Gasteiger partial charge in [-0.2, -0.15) is 0 Å². The fraction of sp³-hybridized carbons (Fsp3) is 0.619. The molecule has 2 atom stereocenters. The number of nitrogens with zero attached hydrogens (tertiary/aromatic N) is 1. The van der Waals surface area contributed by atoms with Gasteiger partial charge in [-0.25, -0.2) is 0 Å². The number of ether oxygens (including phenoxy) is 3. The number of methoxy groups -OCH3 is 1. The van der Waals surface area contributed by atoms with E-state index in [4.69, 9.17) is 14.2 Å². The Morgan fingerprint density at radius 3 is 2.85 bits per heavy atom. The standard InChI is InChI=1S/C21H29NO4S/c1-24-18-7-6-17(16-22-10-3-2-4-11-22)14-19(18)25-12-5-8-21(23)9-13-26-20(27)15-21/h6-7,14,20,23,27H,2-4,9-13,15-16H2,1H3. The van der Waals surface area contributed by atoms with E-state index in [9.17, 15) is 5.11 Å². The molecule has 2 aliphatic rings. The zero-order valence-corrected chi connectivity index (χ0v) is 16.8. The van der Waals surface area contributed by atoms with E-state index in [0.29, 0.717) is 30.9 Å². The molecule has 0 amide bonds. The van der Waals surface area contributed by atoms with Gasteiger partial charge in [0.1, 0.15) is 17.6 Å². The van der Waals surface area contributed by atoms with E-state index in [0.717, 1.165) is 19.6 Å². The lowest BCUT2D eigenvalue weighted by Crippen LogP contribution is -2.37. The molecule has 2 aliphatic heterocycles. The second-order valence-electron chi connectivity index (χ2n) is 7.22. The Morgan fingerprint density at radius 2 is 2.11 bits per heavy atom. The minimum absolute atomic E-state index is 0.198. The summed E-state index contributed by atoms with van der Waals surface area (Å²) in [6.45, 7) is 3.90. The van der Waals surface area contributed by atoms with Crippen LogP contribution in [0.1, 0.15) is 37.7 Å². The van der Waals surface area contributed by atoms with Crippen LogP contribution in [0.5, 0.6) is 11.5 Å². The molecule has 0 aliphatic carbocycles. The van der Waals surface area contributed by atoms with Crippen molar-refractivity contribution >= 4 is 12.6 Å². The van der Waals surface area contributed by atoms with Crippen LogP contribution in [0.2, 0.25) is 0 Å². The molecule has 0 saturated carbocycles. The molecule has 5 nitrogen and oxygen atoms in total. The monoisotopic (exact) mass is 391 g/mol. The summed E-state index contributed by atoms with van der Waals surface area (Å²) in [5.41, 5.74) is -0.110. The van der Waals surface area contributed by atoms with Crippen molar-refractivity contribution in [2.75, 3.05) is 33.4 Å². The zero-order valence-electron chi connectivity index (χ0n) is 15.9. The molecule has 1 N–H and O–H groups in total. The minimum atomic E-state index is -1.05. The molecule has 3 rings (SSSR count). The maximum absolute atomic E-state index is 10.5. The summed E-state index contributed by atoms with van der Waals surface area (Å²) in [6.07, 6.45) is 4.77. The average molecular weight is 392 g/mol. The van der Waals surface area contributed by atoms with Crippen LogP contribution in [-0.4, -0.2) is 54.5 Å². The van der Waals surface area contributed by atoms with Crippen molar-refractivity contribution in [3.8, 4) is 23.3 Å². The highest BCUT2D eigenvalue weighted by molar-refractivity contribution is 7.80. The molecular formula is C21H29NO4S. The van der Waals surface area contributed by atoms with Crippen LogP contribution in [0.3, 0.4) is 0 Å². The molecule has 2 unspecified atom stereocenters. The van der Waals surface area contributed by atoms with Gasteiger partial charge in [0.05, 0.1) is 13.7 Å². The van der Waals surface area contributed by atoms with Crippen LogP contribution >= 0.6 is 12.6 Å². The van der Waals surface area contributed by atoms with Gasteiger partial charge in [-0.15, -0.1) is 12.6 Å². The lowest BCUT2D eigenvalue weighted by Gasteiger charge is -2.30. The fourth-order valence-corrected chi connectivity index (χ4v) is 3.96. The number of hydrogen-bond acceptors (Lipinski definition) is 6. The van der Waals surface area contributed by atoms with Crippen molar-refractivity contribution in [1.29, 1.82) is 0 Å². The Balaban J connectivity index is 1.60.